The zero-order valence-electron chi connectivity index (χ0n) is 9.55. The van der Waals surface area contributed by atoms with Gasteiger partial charge >= 0.3 is 0 Å². The first kappa shape index (κ1) is 13.4. The molecule has 0 aliphatic carbocycles. The minimum atomic E-state index is -0.326. The molecule has 0 spiro atoms. The Kier molecular flexibility index (Phi) is 5.72. The van der Waals surface area contributed by atoms with Crippen LogP contribution in [0.5, 0.6) is 0 Å². The van der Waals surface area contributed by atoms with E-state index in [-0.39, 0.29) is 24.0 Å². The Labute approximate surface area is 86.1 Å². The second-order valence-corrected chi connectivity index (χ2v) is 4.31. The summed E-state index contributed by atoms with van der Waals surface area (Å²) in [6.45, 7) is 6.45. The van der Waals surface area contributed by atoms with E-state index in [4.69, 9.17) is 5.11 Å². The Morgan fingerprint density at radius 1 is 1.50 bits per heavy atom. The van der Waals surface area contributed by atoms with Crippen molar-refractivity contribution < 1.29 is 9.90 Å². The van der Waals surface area contributed by atoms with Crippen molar-refractivity contribution in [2.24, 2.45) is 5.92 Å². The smallest absolute Gasteiger partial charge is 0.224 e. The maximum absolute atomic E-state index is 11.6. The third kappa shape index (κ3) is 5.19. The van der Waals surface area contributed by atoms with E-state index in [2.05, 4.69) is 10.6 Å². The van der Waals surface area contributed by atoms with Gasteiger partial charge < -0.3 is 15.7 Å². The fraction of sp³-hybridized carbons (Fsp3) is 0.900. The molecule has 0 aliphatic heterocycles. The molecule has 0 heterocycles. The summed E-state index contributed by atoms with van der Waals surface area (Å²) in [5.74, 6) is -0.0178. The Hall–Kier alpha value is -0.610. The summed E-state index contributed by atoms with van der Waals surface area (Å²) in [6.07, 6.45) is 0.574. The van der Waals surface area contributed by atoms with Crippen LogP contribution in [0.25, 0.3) is 0 Å². The van der Waals surface area contributed by atoms with Gasteiger partial charge in [0.15, 0.2) is 0 Å². The van der Waals surface area contributed by atoms with E-state index in [0.29, 0.717) is 13.0 Å². The highest BCUT2D eigenvalue weighted by molar-refractivity contribution is 5.79. The number of hydrogen-bond acceptors (Lipinski definition) is 3. The molecular weight excluding hydrogens is 180 g/mol. The number of hydrogen-bond donors (Lipinski definition) is 3. The van der Waals surface area contributed by atoms with Gasteiger partial charge in [0.1, 0.15) is 0 Å². The lowest BCUT2D eigenvalue weighted by Gasteiger charge is -2.27. The average molecular weight is 202 g/mol. The zero-order valence-corrected chi connectivity index (χ0v) is 9.55. The molecule has 0 saturated carbocycles. The van der Waals surface area contributed by atoms with Crippen LogP contribution in [0.15, 0.2) is 0 Å². The second kappa shape index (κ2) is 5.98. The maximum Gasteiger partial charge on any atom is 0.224 e. The quantitative estimate of drug-likeness (QED) is 0.573. The van der Waals surface area contributed by atoms with Crippen LogP contribution >= 0.6 is 0 Å². The minimum absolute atomic E-state index is 0.0257. The number of aliphatic hydroxyl groups is 1. The van der Waals surface area contributed by atoms with E-state index in [1.807, 2.05) is 27.8 Å². The highest BCUT2D eigenvalue weighted by atomic mass is 16.3. The number of amides is 1. The van der Waals surface area contributed by atoms with Crippen molar-refractivity contribution in [3.63, 3.8) is 0 Å². The molecule has 1 atom stereocenters. The van der Waals surface area contributed by atoms with Gasteiger partial charge in [-0.2, -0.15) is 0 Å². The molecule has 4 nitrogen and oxygen atoms in total. The van der Waals surface area contributed by atoms with Crippen molar-refractivity contribution in [3.8, 4) is 0 Å². The van der Waals surface area contributed by atoms with Crippen LogP contribution in [0, 0.1) is 5.92 Å². The Morgan fingerprint density at radius 2 is 2.07 bits per heavy atom. The van der Waals surface area contributed by atoms with Gasteiger partial charge in [-0.05, 0) is 27.3 Å². The predicted molar refractivity (Wildman–Crippen MR) is 57.0 cm³/mol. The molecule has 14 heavy (non-hydrogen) atoms. The van der Waals surface area contributed by atoms with Crippen LogP contribution < -0.4 is 10.6 Å². The number of carbonyl (C=O) groups is 1. The number of carbonyl (C=O) groups excluding carboxylic acids is 1. The summed E-state index contributed by atoms with van der Waals surface area (Å²) in [5, 5.41) is 14.7. The van der Waals surface area contributed by atoms with Crippen molar-refractivity contribution in [2.75, 3.05) is 20.2 Å². The number of aliphatic hydroxyl groups excluding tert-OH is 1. The number of rotatable bonds is 6. The van der Waals surface area contributed by atoms with E-state index >= 15 is 0 Å². The topological polar surface area (TPSA) is 61.4 Å². The highest BCUT2D eigenvalue weighted by Crippen LogP contribution is 2.08. The van der Waals surface area contributed by atoms with E-state index in [1.165, 1.54) is 0 Å². The first-order chi connectivity index (χ1) is 6.43. The largest absolute Gasteiger partial charge is 0.396 e. The van der Waals surface area contributed by atoms with Gasteiger partial charge in [0.2, 0.25) is 5.91 Å². The molecule has 3 N–H and O–H groups in total. The van der Waals surface area contributed by atoms with Gasteiger partial charge in [-0.3, -0.25) is 4.79 Å². The molecule has 0 rings (SSSR count). The monoisotopic (exact) mass is 202 g/mol. The van der Waals surface area contributed by atoms with Gasteiger partial charge in [0.05, 0.1) is 0 Å². The van der Waals surface area contributed by atoms with Gasteiger partial charge in [0, 0.05) is 24.6 Å². The van der Waals surface area contributed by atoms with E-state index in [0.717, 1.165) is 0 Å². The lowest BCUT2D eigenvalue weighted by molar-refractivity contribution is -0.126. The summed E-state index contributed by atoms with van der Waals surface area (Å²) in [4.78, 5) is 11.6. The molecule has 1 amide bonds. The van der Waals surface area contributed by atoms with E-state index < -0.39 is 0 Å². The molecule has 0 saturated heterocycles. The lowest BCUT2D eigenvalue weighted by atomic mass is 10.00. The van der Waals surface area contributed by atoms with Crippen molar-refractivity contribution in [3.05, 3.63) is 0 Å². The molecule has 0 radical (unpaired) electrons. The van der Waals surface area contributed by atoms with Crippen molar-refractivity contribution in [2.45, 2.75) is 32.7 Å². The van der Waals surface area contributed by atoms with Gasteiger partial charge in [-0.1, -0.05) is 6.92 Å². The minimum Gasteiger partial charge on any atom is -0.396 e. The van der Waals surface area contributed by atoms with Crippen molar-refractivity contribution in [1.29, 1.82) is 0 Å². The third-order valence-electron chi connectivity index (χ3n) is 2.16. The normalized spacial score (nSPS) is 13.8. The fourth-order valence-electron chi connectivity index (χ4n) is 1.20. The van der Waals surface area contributed by atoms with Gasteiger partial charge in [-0.15, -0.1) is 0 Å². The lowest BCUT2D eigenvalue weighted by Crippen LogP contribution is -2.47. The SMILES string of the molecule is CNCC(C)C(=O)NC(C)(C)CCO. The zero-order chi connectivity index (χ0) is 11.2. The van der Waals surface area contributed by atoms with Gasteiger partial charge in [0.25, 0.3) is 0 Å². The molecule has 0 fully saturated rings. The van der Waals surface area contributed by atoms with Crippen LogP contribution in [0.3, 0.4) is 0 Å². The first-order valence-electron chi connectivity index (χ1n) is 5.00. The molecule has 0 aliphatic rings. The molecule has 4 heteroatoms. The Bertz CT molecular complexity index is 181. The summed E-state index contributed by atoms with van der Waals surface area (Å²) in [7, 11) is 1.82. The van der Waals surface area contributed by atoms with Crippen molar-refractivity contribution in [1.82, 2.24) is 10.6 Å². The Balaban J connectivity index is 4.03. The van der Waals surface area contributed by atoms with Gasteiger partial charge in [-0.25, -0.2) is 0 Å². The standard InChI is InChI=1S/C10H22N2O2/c1-8(7-11-4)9(14)12-10(2,3)5-6-13/h8,11,13H,5-7H2,1-4H3,(H,12,14). The van der Waals surface area contributed by atoms with Crippen LogP contribution in [0.4, 0.5) is 0 Å². The maximum atomic E-state index is 11.6. The highest BCUT2D eigenvalue weighted by Gasteiger charge is 2.22. The molecule has 84 valence electrons. The number of nitrogens with one attached hydrogen (secondary N) is 2. The third-order valence-corrected chi connectivity index (χ3v) is 2.16. The first-order valence-corrected chi connectivity index (χ1v) is 5.00. The summed E-state index contributed by atoms with van der Waals surface area (Å²) >= 11 is 0. The molecule has 0 aromatic carbocycles. The molecule has 0 aromatic heterocycles. The van der Waals surface area contributed by atoms with E-state index in [9.17, 15) is 4.79 Å². The summed E-state index contributed by atoms with van der Waals surface area (Å²) in [6, 6.07) is 0. The second-order valence-electron chi connectivity index (χ2n) is 4.31. The molecule has 0 bridgehead atoms. The average Bonchev–Trinajstić information content (AvgIpc) is 2.03. The predicted octanol–water partition coefficient (Wildman–Crippen LogP) is 0.119. The van der Waals surface area contributed by atoms with Crippen LogP contribution in [-0.2, 0) is 4.79 Å². The van der Waals surface area contributed by atoms with Crippen LogP contribution in [0.2, 0.25) is 0 Å². The molecule has 1 unspecified atom stereocenters. The van der Waals surface area contributed by atoms with Crippen LogP contribution in [0.1, 0.15) is 27.2 Å². The van der Waals surface area contributed by atoms with Crippen molar-refractivity contribution >= 4 is 5.91 Å². The molecular formula is C10H22N2O2. The molecule has 0 aromatic rings. The summed E-state index contributed by atoms with van der Waals surface area (Å²) < 4.78 is 0. The van der Waals surface area contributed by atoms with Crippen LogP contribution in [-0.4, -0.2) is 36.8 Å². The summed E-state index contributed by atoms with van der Waals surface area (Å²) in [5.41, 5.74) is -0.326. The Morgan fingerprint density at radius 3 is 2.50 bits per heavy atom. The fourth-order valence-corrected chi connectivity index (χ4v) is 1.20. The van der Waals surface area contributed by atoms with E-state index in [1.54, 1.807) is 0 Å².